The highest BCUT2D eigenvalue weighted by atomic mass is 32.3. The number of phenolic OH excluding ortho intramolecular Hbond substituents is 2. The summed E-state index contributed by atoms with van der Waals surface area (Å²) in [6.07, 6.45) is 2.64. The van der Waals surface area contributed by atoms with Gasteiger partial charge in [0.2, 0.25) is 0 Å². The number of aliphatic imine (C=N–C) groups is 1. The minimum atomic E-state index is -4.67. The number of nitrogens with zero attached hydrogens (tertiary/aromatic N) is 2. The van der Waals surface area contributed by atoms with Crippen LogP contribution in [0.4, 0.5) is 0 Å². The molecule has 3 rings (SSSR count). The van der Waals surface area contributed by atoms with E-state index in [9.17, 15) is 15.0 Å². The molecule has 1 aromatic heterocycles. The Labute approximate surface area is 167 Å². The molecule has 0 fully saturated rings. The summed E-state index contributed by atoms with van der Waals surface area (Å²) in [5, 5.41) is 20.5. The molecule has 1 aromatic carbocycles. The van der Waals surface area contributed by atoms with Crippen LogP contribution in [-0.2, 0) is 21.6 Å². The number of nitrogens with two attached hydrogens (primary N) is 2. The normalized spacial score (nSPS) is 13.5. The van der Waals surface area contributed by atoms with Crippen LogP contribution in [0, 0.1) is 13.8 Å². The number of benzene rings is 1. The fourth-order valence-electron chi connectivity index (χ4n) is 2.67. The summed E-state index contributed by atoms with van der Waals surface area (Å²) in [4.78, 5) is 18.5. The molecule has 1 amide bonds. The number of aromatic amines is 1. The van der Waals surface area contributed by atoms with E-state index in [1.807, 2.05) is 6.20 Å². The van der Waals surface area contributed by atoms with Crippen LogP contribution in [0.3, 0.4) is 0 Å². The van der Waals surface area contributed by atoms with E-state index in [4.69, 9.17) is 29.0 Å². The van der Waals surface area contributed by atoms with E-state index in [1.165, 1.54) is 0 Å². The third-order valence-corrected chi connectivity index (χ3v) is 4.06. The summed E-state index contributed by atoms with van der Waals surface area (Å²) in [5.74, 6) is 0.0639. The van der Waals surface area contributed by atoms with Crippen molar-refractivity contribution in [3.8, 4) is 11.5 Å². The van der Waals surface area contributed by atoms with Gasteiger partial charge < -0.3 is 31.6 Å². The van der Waals surface area contributed by atoms with Crippen molar-refractivity contribution >= 4 is 33.2 Å². The van der Waals surface area contributed by atoms with Gasteiger partial charge >= 0.3 is 10.4 Å². The number of carbonyl (C=O) groups is 1. The quantitative estimate of drug-likeness (QED) is 0.246. The topological polar surface area (TPSA) is 216 Å². The van der Waals surface area contributed by atoms with E-state index >= 15 is 0 Å². The Balaban J connectivity index is 0.000000269. The number of carbonyl (C=O) groups excluding carboxylic acids is 1. The first kappa shape index (κ1) is 24.2. The highest BCUT2D eigenvalue weighted by Gasteiger charge is 2.17. The zero-order chi connectivity index (χ0) is 22.5. The molecule has 0 radical (unpaired) electrons. The molecular formula is C16H25N5O7S. The van der Waals surface area contributed by atoms with Gasteiger partial charge in [-0.05, 0) is 32.4 Å². The first-order chi connectivity index (χ1) is 13.3. The van der Waals surface area contributed by atoms with Crippen LogP contribution in [0.25, 0.3) is 10.9 Å². The fourth-order valence-corrected chi connectivity index (χ4v) is 2.67. The van der Waals surface area contributed by atoms with Crippen LogP contribution in [0.2, 0.25) is 0 Å². The van der Waals surface area contributed by atoms with E-state index in [2.05, 4.69) is 9.98 Å². The smallest absolute Gasteiger partial charge is 0.394 e. The van der Waals surface area contributed by atoms with Crippen LogP contribution >= 0.6 is 0 Å². The Bertz CT molecular complexity index is 1020. The minimum absolute atomic E-state index is 0.0390. The SMILES string of the molecule is CN1CC(=O)N=C1N.Cc1c(O)c(O)c(C)c2c(CCN)c[nH]c12.O=S(=O)(O)O. The van der Waals surface area contributed by atoms with Gasteiger partial charge in [-0.3, -0.25) is 13.9 Å². The molecule has 0 bridgehead atoms. The molecule has 1 aliphatic rings. The summed E-state index contributed by atoms with van der Waals surface area (Å²) in [7, 11) is -2.94. The lowest BCUT2D eigenvalue weighted by molar-refractivity contribution is -0.116. The molecule has 0 atom stereocenters. The van der Waals surface area contributed by atoms with E-state index in [0.29, 0.717) is 30.2 Å². The molecule has 2 aromatic rings. The maximum Gasteiger partial charge on any atom is 0.394 e. The number of likely N-dealkylation sites (N-methyl/N-ethyl adjacent to an activating group) is 1. The number of aryl methyl sites for hydroxylation is 2. The van der Waals surface area contributed by atoms with Gasteiger partial charge in [0.05, 0.1) is 5.52 Å². The first-order valence-electron chi connectivity index (χ1n) is 8.27. The van der Waals surface area contributed by atoms with E-state index in [-0.39, 0.29) is 17.4 Å². The standard InChI is InChI=1S/C12H16N2O2.C4H7N3O.H2O4S/c1-6-9-8(3-4-13)5-14-10(9)7(2)12(16)11(6)15;1-7-2-3(8)6-4(7)5;1-5(2,3)4/h5,14-16H,3-4,13H2,1-2H3;2H2,1H3,(H2,5,6,8);(H2,1,2,3,4). The van der Waals surface area contributed by atoms with Crippen molar-refractivity contribution in [1.82, 2.24) is 9.88 Å². The average molecular weight is 431 g/mol. The average Bonchev–Trinajstić information content (AvgIpc) is 3.13. The van der Waals surface area contributed by atoms with Gasteiger partial charge in [-0.2, -0.15) is 13.4 Å². The summed E-state index contributed by atoms with van der Waals surface area (Å²) < 4.78 is 31.6. The van der Waals surface area contributed by atoms with Crippen molar-refractivity contribution < 1.29 is 32.5 Å². The van der Waals surface area contributed by atoms with Gasteiger partial charge in [0.1, 0.15) is 6.54 Å². The molecule has 0 unspecified atom stereocenters. The van der Waals surface area contributed by atoms with Crippen LogP contribution in [0.1, 0.15) is 16.7 Å². The van der Waals surface area contributed by atoms with Crippen molar-refractivity contribution in [2.24, 2.45) is 16.5 Å². The van der Waals surface area contributed by atoms with E-state index in [0.717, 1.165) is 22.9 Å². The molecule has 9 N–H and O–H groups in total. The van der Waals surface area contributed by atoms with Crippen LogP contribution in [-0.4, -0.2) is 69.6 Å². The predicted molar refractivity (Wildman–Crippen MR) is 107 cm³/mol. The number of nitrogens with one attached hydrogen (secondary N) is 1. The highest BCUT2D eigenvalue weighted by molar-refractivity contribution is 7.79. The number of H-pyrrole nitrogens is 1. The van der Waals surface area contributed by atoms with Gasteiger partial charge in [0, 0.05) is 29.8 Å². The third-order valence-electron chi connectivity index (χ3n) is 4.06. The molecule has 0 aliphatic carbocycles. The van der Waals surface area contributed by atoms with Gasteiger partial charge in [-0.25, -0.2) is 0 Å². The Hall–Kier alpha value is -2.87. The zero-order valence-electron chi connectivity index (χ0n) is 16.2. The number of hydrogen-bond donors (Lipinski definition) is 7. The first-order valence-corrected chi connectivity index (χ1v) is 9.66. The predicted octanol–water partition coefficient (Wildman–Crippen LogP) is -0.183. The number of rotatable bonds is 2. The fraction of sp³-hybridized carbons (Fsp3) is 0.375. The van der Waals surface area contributed by atoms with Crippen LogP contribution in [0.15, 0.2) is 11.2 Å². The van der Waals surface area contributed by atoms with Gasteiger partial charge in [0.25, 0.3) is 5.91 Å². The summed E-state index contributed by atoms with van der Waals surface area (Å²) in [6.45, 7) is 4.46. The lowest BCUT2D eigenvalue weighted by Crippen LogP contribution is -2.29. The molecule has 162 valence electrons. The highest BCUT2D eigenvalue weighted by Crippen LogP contribution is 2.40. The number of guanidine groups is 1. The van der Waals surface area contributed by atoms with Gasteiger partial charge in [0.15, 0.2) is 17.5 Å². The molecule has 0 saturated carbocycles. The molecular weight excluding hydrogens is 406 g/mol. The maximum atomic E-state index is 10.4. The van der Waals surface area contributed by atoms with Crippen molar-refractivity contribution in [1.29, 1.82) is 0 Å². The maximum absolute atomic E-state index is 10.4. The largest absolute Gasteiger partial charge is 0.504 e. The van der Waals surface area contributed by atoms with Crippen molar-refractivity contribution in [3.05, 3.63) is 22.9 Å². The van der Waals surface area contributed by atoms with E-state index < -0.39 is 10.4 Å². The molecule has 2 heterocycles. The summed E-state index contributed by atoms with van der Waals surface area (Å²) in [6, 6.07) is 0. The number of phenols is 2. The summed E-state index contributed by atoms with van der Waals surface area (Å²) in [5.41, 5.74) is 14.1. The van der Waals surface area contributed by atoms with Crippen molar-refractivity contribution in [2.45, 2.75) is 20.3 Å². The van der Waals surface area contributed by atoms with E-state index in [1.54, 1.807) is 25.8 Å². The Morgan fingerprint density at radius 3 is 2.10 bits per heavy atom. The van der Waals surface area contributed by atoms with Crippen molar-refractivity contribution in [3.63, 3.8) is 0 Å². The number of amides is 1. The second-order valence-corrected chi connectivity index (χ2v) is 7.11. The molecule has 1 aliphatic heterocycles. The molecule has 0 saturated heterocycles. The lowest BCUT2D eigenvalue weighted by atomic mass is 10.0. The Morgan fingerprint density at radius 2 is 1.72 bits per heavy atom. The Kier molecular flexibility index (Phi) is 7.96. The molecule has 0 spiro atoms. The van der Waals surface area contributed by atoms with Crippen LogP contribution < -0.4 is 11.5 Å². The lowest BCUT2D eigenvalue weighted by Gasteiger charge is -2.09. The van der Waals surface area contributed by atoms with Gasteiger partial charge in [-0.15, -0.1) is 0 Å². The van der Waals surface area contributed by atoms with Crippen molar-refractivity contribution in [2.75, 3.05) is 20.1 Å². The van der Waals surface area contributed by atoms with Crippen LogP contribution in [0.5, 0.6) is 11.5 Å². The minimum Gasteiger partial charge on any atom is -0.504 e. The number of aromatic hydroxyl groups is 2. The number of aromatic nitrogens is 1. The monoisotopic (exact) mass is 431 g/mol. The molecule has 29 heavy (non-hydrogen) atoms. The molecule has 13 heteroatoms. The second-order valence-electron chi connectivity index (χ2n) is 6.22. The zero-order valence-corrected chi connectivity index (χ0v) is 17.0. The Morgan fingerprint density at radius 1 is 1.21 bits per heavy atom. The number of fused-ring (bicyclic) bond motifs is 1. The summed E-state index contributed by atoms with van der Waals surface area (Å²) >= 11 is 0. The number of hydrogen-bond acceptors (Lipinski definition) is 8. The third kappa shape index (κ3) is 6.60. The molecule has 12 nitrogen and oxygen atoms in total. The second kappa shape index (κ2) is 9.56. The van der Waals surface area contributed by atoms with Gasteiger partial charge in [-0.1, -0.05) is 0 Å².